The van der Waals surface area contributed by atoms with Gasteiger partial charge in [-0.05, 0) is 48.7 Å². The quantitative estimate of drug-likeness (QED) is 0.711. The number of aromatic amines is 1. The Morgan fingerprint density at radius 2 is 1.96 bits per heavy atom. The molecule has 0 aliphatic carbocycles. The molecule has 2 aromatic carbocycles. The number of nitrogens with zero attached hydrogens (tertiary/aromatic N) is 1. The molecule has 1 aliphatic heterocycles. The number of para-hydroxylation sites is 1. The molecule has 27 heavy (non-hydrogen) atoms. The van der Waals surface area contributed by atoms with Crippen LogP contribution in [0.5, 0.6) is 17.2 Å². The van der Waals surface area contributed by atoms with E-state index in [4.69, 9.17) is 14.2 Å². The van der Waals surface area contributed by atoms with E-state index in [2.05, 4.69) is 34.3 Å². The summed E-state index contributed by atoms with van der Waals surface area (Å²) in [5, 5.41) is 1.26. The molecule has 1 saturated heterocycles. The molecule has 1 aromatic heterocycles. The number of H-pyrrole nitrogens is 1. The third-order valence-corrected chi connectivity index (χ3v) is 5.51. The molecule has 5 nitrogen and oxygen atoms in total. The zero-order valence-corrected chi connectivity index (χ0v) is 16.1. The van der Waals surface area contributed by atoms with E-state index >= 15 is 0 Å². The molecule has 2 heterocycles. The lowest BCUT2D eigenvalue weighted by atomic mass is 9.98. The molecule has 1 aliphatic rings. The number of hydrogen-bond donors (Lipinski definition) is 1. The topological polar surface area (TPSA) is 46.7 Å². The van der Waals surface area contributed by atoms with Gasteiger partial charge in [-0.1, -0.05) is 12.1 Å². The Hall–Kier alpha value is -2.66. The fourth-order valence-electron chi connectivity index (χ4n) is 4.14. The third-order valence-electron chi connectivity index (χ3n) is 5.51. The van der Waals surface area contributed by atoms with Crippen LogP contribution >= 0.6 is 0 Å². The first-order chi connectivity index (χ1) is 13.2. The summed E-state index contributed by atoms with van der Waals surface area (Å²) in [6.45, 7) is 2.97. The van der Waals surface area contributed by atoms with Crippen LogP contribution in [0.15, 0.2) is 42.6 Å². The smallest absolute Gasteiger partial charge is 0.165 e. The first-order valence-corrected chi connectivity index (χ1v) is 9.30. The minimum atomic E-state index is 0.516. The summed E-state index contributed by atoms with van der Waals surface area (Å²) in [6, 6.07) is 12.3. The van der Waals surface area contributed by atoms with Crippen molar-refractivity contribution in [3.63, 3.8) is 0 Å². The Balaban J connectivity index is 1.53. The van der Waals surface area contributed by atoms with Gasteiger partial charge in [0.1, 0.15) is 5.75 Å². The summed E-state index contributed by atoms with van der Waals surface area (Å²) in [5.74, 6) is 3.04. The van der Waals surface area contributed by atoms with Crippen molar-refractivity contribution in [3.8, 4) is 17.2 Å². The van der Waals surface area contributed by atoms with Crippen LogP contribution in [0.25, 0.3) is 10.9 Å². The molecule has 0 amide bonds. The molecule has 4 rings (SSSR count). The van der Waals surface area contributed by atoms with E-state index in [0.717, 1.165) is 48.9 Å². The van der Waals surface area contributed by atoms with Crippen molar-refractivity contribution >= 4 is 10.9 Å². The number of fused-ring (bicyclic) bond motifs is 1. The van der Waals surface area contributed by atoms with Gasteiger partial charge in [0.2, 0.25) is 0 Å². The maximum atomic E-state index is 5.59. The number of benzene rings is 2. The van der Waals surface area contributed by atoms with Crippen molar-refractivity contribution in [3.05, 3.63) is 53.7 Å². The second kappa shape index (κ2) is 7.53. The molecule has 0 saturated carbocycles. The van der Waals surface area contributed by atoms with Crippen LogP contribution in [0.1, 0.15) is 23.5 Å². The van der Waals surface area contributed by atoms with Gasteiger partial charge >= 0.3 is 0 Å². The highest BCUT2D eigenvalue weighted by atomic mass is 16.5. The van der Waals surface area contributed by atoms with Crippen molar-refractivity contribution in [1.82, 2.24) is 9.88 Å². The molecule has 3 aromatic rings. The molecule has 1 atom stereocenters. The van der Waals surface area contributed by atoms with E-state index in [1.165, 1.54) is 16.5 Å². The number of nitrogens with one attached hydrogen (secondary N) is 1. The summed E-state index contributed by atoms with van der Waals surface area (Å²) in [5.41, 5.74) is 3.71. The SMILES string of the molecule is COc1ccc2[nH]cc(C3CCN(Cc4cccc(OC)c4OC)C3)c2c1. The van der Waals surface area contributed by atoms with Crippen LogP contribution in [0.4, 0.5) is 0 Å². The Kier molecular flexibility index (Phi) is 4.94. The van der Waals surface area contributed by atoms with Gasteiger partial charge in [-0.15, -0.1) is 0 Å². The summed E-state index contributed by atoms with van der Waals surface area (Å²) >= 11 is 0. The standard InChI is InChI=1S/C22H26N2O3/c1-25-17-7-8-20-18(11-17)19(12-23-20)15-9-10-24(13-15)14-16-5-4-6-21(26-2)22(16)27-3/h4-8,11-12,15,23H,9-10,13-14H2,1-3H3. The van der Waals surface area contributed by atoms with Gasteiger partial charge in [-0.25, -0.2) is 0 Å². The van der Waals surface area contributed by atoms with Gasteiger partial charge in [0.25, 0.3) is 0 Å². The molecule has 5 heteroatoms. The molecule has 1 fully saturated rings. The zero-order valence-electron chi connectivity index (χ0n) is 16.1. The van der Waals surface area contributed by atoms with Crippen LogP contribution in [0.2, 0.25) is 0 Å². The van der Waals surface area contributed by atoms with Crippen LogP contribution in [0.3, 0.4) is 0 Å². The Morgan fingerprint density at radius 1 is 1.07 bits per heavy atom. The van der Waals surface area contributed by atoms with E-state index in [1.807, 2.05) is 18.2 Å². The van der Waals surface area contributed by atoms with Gasteiger partial charge in [-0.2, -0.15) is 0 Å². The van der Waals surface area contributed by atoms with Gasteiger partial charge < -0.3 is 19.2 Å². The van der Waals surface area contributed by atoms with Crippen molar-refractivity contribution in [2.75, 3.05) is 34.4 Å². The fourth-order valence-corrected chi connectivity index (χ4v) is 4.14. The minimum Gasteiger partial charge on any atom is -0.497 e. The van der Waals surface area contributed by atoms with E-state index < -0.39 is 0 Å². The molecular formula is C22H26N2O3. The number of aromatic nitrogens is 1. The monoisotopic (exact) mass is 366 g/mol. The molecule has 0 radical (unpaired) electrons. The van der Waals surface area contributed by atoms with Gasteiger partial charge in [0.15, 0.2) is 11.5 Å². The van der Waals surface area contributed by atoms with Crippen LogP contribution in [-0.4, -0.2) is 44.3 Å². The first-order valence-electron chi connectivity index (χ1n) is 9.30. The number of ether oxygens (including phenoxy) is 3. The van der Waals surface area contributed by atoms with E-state index in [0.29, 0.717) is 5.92 Å². The average Bonchev–Trinajstić information content (AvgIpc) is 3.33. The van der Waals surface area contributed by atoms with E-state index in [9.17, 15) is 0 Å². The van der Waals surface area contributed by atoms with Crippen LogP contribution < -0.4 is 14.2 Å². The molecule has 142 valence electrons. The largest absolute Gasteiger partial charge is 0.497 e. The number of likely N-dealkylation sites (tertiary alicyclic amines) is 1. The second-order valence-electron chi connectivity index (χ2n) is 7.03. The summed E-state index contributed by atoms with van der Waals surface area (Å²) in [6.07, 6.45) is 3.31. The van der Waals surface area contributed by atoms with E-state index in [-0.39, 0.29) is 0 Å². The first kappa shape index (κ1) is 17.7. The second-order valence-corrected chi connectivity index (χ2v) is 7.03. The number of rotatable bonds is 6. The third kappa shape index (κ3) is 3.35. The Bertz CT molecular complexity index is 934. The fraction of sp³-hybridized carbons (Fsp3) is 0.364. The van der Waals surface area contributed by atoms with Gasteiger partial charge in [0.05, 0.1) is 21.3 Å². The van der Waals surface area contributed by atoms with E-state index in [1.54, 1.807) is 21.3 Å². The summed E-state index contributed by atoms with van der Waals surface area (Å²) in [4.78, 5) is 5.89. The van der Waals surface area contributed by atoms with Crippen molar-refractivity contribution in [2.45, 2.75) is 18.9 Å². The van der Waals surface area contributed by atoms with Gasteiger partial charge in [-0.3, -0.25) is 4.90 Å². The van der Waals surface area contributed by atoms with Crippen LogP contribution in [-0.2, 0) is 6.54 Å². The summed E-state index contributed by atoms with van der Waals surface area (Å²) in [7, 11) is 5.10. The lowest BCUT2D eigenvalue weighted by Gasteiger charge is -2.19. The van der Waals surface area contributed by atoms with Crippen molar-refractivity contribution < 1.29 is 14.2 Å². The lowest BCUT2D eigenvalue weighted by molar-refractivity contribution is 0.309. The molecule has 0 spiro atoms. The number of methoxy groups -OCH3 is 3. The predicted molar refractivity (Wildman–Crippen MR) is 107 cm³/mol. The Morgan fingerprint density at radius 3 is 2.74 bits per heavy atom. The normalized spacial score (nSPS) is 17.4. The van der Waals surface area contributed by atoms with Crippen molar-refractivity contribution in [2.24, 2.45) is 0 Å². The predicted octanol–water partition coefficient (Wildman–Crippen LogP) is 4.18. The average molecular weight is 366 g/mol. The maximum Gasteiger partial charge on any atom is 0.165 e. The Labute approximate surface area is 159 Å². The van der Waals surface area contributed by atoms with Gasteiger partial charge in [0, 0.05) is 35.8 Å². The highest BCUT2D eigenvalue weighted by molar-refractivity contribution is 5.85. The number of hydrogen-bond acceptors (Lipinski definition) is 4. The maximum absolute atomic E-state index is 5.59. The highest BCUT2D eigenvalue weighted by Gasteiger charge is 2.27. The lowest BCUT2D eigenvalue weighted by Crippen LogP contribution is -2.20. The molecular weight excluding hydrogens is 340 g/mol. The zero-order chi connectivity index (χ0) is 18.8. The summed E-state index contributed by atoms with van der Waals surface area (Å²) < 4.78 is 16.4. The minimum absolute atomic E-state index is 0.516. The molecule has 1 N–H and O–H groups in total. The van der Waals surface area contributed by atoms with Crippen LogP contribution in [0, 0.1) is 0 Å². The highest BCUT2D eigenvalue weighted by Crippen LogP contribution is 2.36. The van der Waals surface area contributed by atoms with Crippen molar-refractivity contribution in [1.29, 1.82) is 0 Å². The molecule has 0 bridgehead atoms. The molecule has 1 unspecified atom stereocenters.